The molecule has 4 atom stereocenters. The molecule has 0 aliphatic carbocycles. The number of anilines is 2. The summed E-state index contributed by atoms with van der Waals surface area (Å²) in [6, 6.07) is 24.5. The van der Waals surface area contributed by atoms with Crippen LogP contribution in [0.3, 0.4) is 0 Å². The molecule has 1 N–H and O–H groups in total. The lowest BCUT2D eigenvalue weighted by molar-refractivity contribution is -0.121. The van der Waals surface area contributed by atoms with Crippen molar-refractivity contribution < 1.29 is 14.4 Å². The van der Waals surface area contributed by atoms with Crippen molar-refractivity contribution in [2.45, 2.75) is 24.4 Å². The first kappa shape index (κ1) is 23.3. The molecule has 1 amide bonds. The molecule has 0 bridgehead atoms. The maximum atomic E-state index is 14.6. The summed E-state index contributed by atoms with van der Waals surface area (Å²) in [5, 5.41) is 3.05. The van der Waals surface area contributed by atoms with Crippen LogP contribution in [0.15, 0.2) is 103 Å². The number of carbonyl (C=O) groups is 3. The molecule has 6 nitrogen and oxygen atoms in total. The number of rotatable bonds is 4. The SMILES string of the molecule is Cc1ccc2c(c1)C=CC1N2C(C(=O)c2ccccc2)C(C(=O)c2cccnc2)C12C(=O)Nc1ccccc12. The van der Waals surface area contributed by atoms with E-state index in [0.717, 1.165) is 22.4 Å². The first-order valence-corrected chi connectivity index (χ1v) is 13.0. The summed E-state index contributed by atoms with van der Waals surface area (Å²) in [7, 11) is 0. The molecule has 1 fully saturated rings. The summed E-state index contributed by atoms with van der Waals surface area (Å²) >= 11 is 0. The van der Waals surface area contributed by atoms with Gasteiger partial charge in [0.15, 0.2) is 11.6 Å². The summed E-state index contributed by atoms with van der Waals surface area (Å²) in [5.74, 6) is -1.75. The predicted octanol–water partition coefficient (Wildman–Crippen LogP) is 5.25. The Balaban J connectivity index is 1.55. The van der Waals surface area contributed by atoms with Gasteiger partial charge in [0.2, 0.25) is 5.91 Å². The van der Waals surface area contributed by atoms with Gasteiger partial charge in [-0.25, -0.2) is 0 Å². The Kier molecular flexibility index (Phi) is 5.13. The minimum atomic E-state index is -1.32. The van der Waals surface area contributed by atoms with E-state index in [1.165, 1.54) is 6.20 Å². The van der Waals surface area contributed by atoms with Crippen molar-refractivity contribution in [1.82, 2.24) is 4.98 Å². The van der Waals surface area contributed by atoms with E-state index in [0.29, 0.717) is 16.8 Å². The Morgan fingerprint density at radius 1 is 0.897 bits per heavy atom. The van der Waals surface area contributed by atoms with Gasteiger partial charge in [-0.2, -0.15) is 0 Å². The lowest BCUT2D eigenvalue weighted by Gasteiger charge is -2.37. The maximum absolute atomic E-state index is 14.6. The summed E-state index contributed by atoms with van der Waals surface area (Å²) in [6.45, 7) is 2.02. The molecule has 0 radical (unpaired) electrons. The topological polar surface area (TPSA) is 79.4 Å². The summed E-state index contributed by atoms with van der Waals surface area (Å²) < 4.78 is 0. The van der Waals surface area contributed by atoms with Crippen LogP contribution >= 0.6 is 0 Å². The van der Waals surface area contributed by atoms with Crippen LogP contribution in [-0.2, 0) is 10.2 Å². The molecule has 1 saturated heterocycles. The van der Waals surface area contributed by atoms with Crippen LogP contribution in [0.25, 0.3) is 6.08 Å². The molecule has 1 spiro atoms. The van der Waals surface area contributed by atoms with Crippen molar-refractivity contribution in [2.75, 3.05) is 10.2 Å². The number of fused-ring (bicyclic) bond motifs is 6. The minimum Gasteiger partial charge on any atom is -0.352 e. The van der Waals surface area contributed by atoms with Crippen LogP contribution in [-0.4, -0.2) is 34.5 Å². The standard InChI is InChI=1S/C33H25N3O3/c1-20-13-15-26-22(18-20)14-16-27-33(24-11-5-6-12-25(24)35-32(33)39)28(30(37)23-10-7-17-34-19-23)29(36(26)27)31(38)21-8-3-2-4-9-21/h2-19,27-29H,1H3,(H,35,39). The lowest BCUT2D eigenvalue weighted by Crippen LogP contribution is -2.51. The van der Waals surface area contributed by atoms with Gasteiger partial charge in [0.1, 0.15) is 11.5 Å². The number of aryl methyl sites for hydroxylation is 1. The smallest absolute Gasteiger partial charge is 0.238 e. The van der Waals surface area contributed by atoms with E-state index in [4.69, 9.17) is 0 Å². The largest absolute Gasteiger partial charge is 0.352 e. The van der Waals surface area contributed by atoms with E-state index in [-0.39, 0.29) is 17.5 Å². The Morgan fingerprint density at radius 3 is 2.46 bits per heavy atom. The summed E-state index contributed by atoms with van der Waals surface area (Å²) in [5.41, 5.74) is 3.82. The molecule has 190 valence electrons. The Hall–Kier alpha value is -4.84. The third kappa shape index (κ3) is 3.21. The predicted molar refractivity (Wildman–Crippen MR) is 150 cm³/mol. The van der Waals surface area contributed by atoms with Crippen LogP contribution in [0.5, 0.6) is 0 Å². The average Bonchev–Trinajstić information content (AvgIpc) is 3.45. The first-order chi connectivity index (χ1) is 19.0. The fraction of sp³-hybridized carbons (Fsp3) is 0.152. The number of hydrogen-bond donors (Lipinski definition) is 1. The first-order valence-electron chi connectivity index (χ1n) is 13.0. The van der Waals surface area contributed by atoms with Gasteiger partial charge >= 0.3 is 0 Å². The second kappa shape index (κ2) is 8.60. The molecule has 0 saturated carbocycles. The highest BCUT2D eigenvalue weighted by atomic mass is 16.2. The molecule has 7 rings (SSSR count). The average molecular weight is 512 g/mol. The van der Waals surface area contributed by atoms with Crippen molar-refractivity contribution in [2.24, 2.45) is 5.92 Å². The second-order valence-electron chi connectivity index (χ2n) is 10.4. The van der Waals surface area contributed by atoms with Gasteiger partial charge in [0, 0.05) is 34.9 Å². The number of aromatic nitrogens is 1. The highest BCUT2D eigenvalue weighted by Gasteiger charge is 2.70. The monoisotopic (exact) mass is 511 g/mol. The molecular weight excluding hydrogens is 486 g/mol. The molecule has 3 aliphatic rings. The molecule has 39 heavy (non-hydrogen) atoms. The van der Waals surface area contributed by atoms with Crippen molar-refractivity contribution in [3.8, 4) is 0 Å². The van der Waals surface area contributed by atoms with Crippen molar-refractivity contribution in [3.05, 3.63) is 131 Å². The fourth-order valence-corrected chi connectivity index (χ4v) is 6.76. The number of para-hydroxylation sites is 1. The fourth-order valence-electron chi connectivity index (χ4n) is 6.76. The minimum absolute atomic E-state index is 0.196. The zero-order chi connectivity index (χ0) is 26.7. The van der Waals surface area contributed by atoms with E-state index in [1.807, 2.05) is 78.6 Å². The van der Waals surface area contributed by atoms with Crippen LogP contribution in [0.4, 0.5) is 11.4 Å². The van der Waals surface area contributed by atoms with E-state index in [2.05, 4.69) is 16.4 Å². The Bertz CT molecular complexity index is 1680. The van der Waals surface area contributed by atoms with E-state index in [1.54, 1.807) is 30.5 Å². The number of pyridine rings is 1. The van der Waals surface area contributed by atoms with Crippen molar-refractivity contribution >= 4 is 34.9 Å². The van der Waals surface area contributed by atoms with Gasteiger partial charge < -0.3 is 10.2 Å². The number of amides is 1. The van der Waals surface area contributed by atoms with Crippen molar-refractivity contribution in [3.63, 3.8) is 0 Å². The molecule has 4 aromatic rings. The van der Waals surface area contributed by atoms with Crippen LogP contribution in [0.2, 0.25) is 0 Å². The van der Waals surface area contributed by atoms with Gasteiger partial charge in [-0.15, -0.1) is 0 Å². The third-order valence-electron chi connectivity index (χ3n) is 8.34. The van der Waals surface area contributed by atoms with Gasteiger partial charge in [0.05, 0.1) is 12.0 Å². The van der Waals surface area contributed by atoms with Crippen LogP contribution < -0.4 is 10.2 Å². The second-order valence-corrected chi connectivity index (χ2v) is 10.4. The number of nitrogens with one attached hydrogen (secondary N) is 1. The molecule has 4 heterocycles. The number of carbonyl (C=O) groups excluding carboxylic acids is 3. The Morgan fingerprint density at radius 2 is 1.67 bits per heavy atom. The van der Waals surface area contributed by atoms with E-state index in [9.17, 15) is 14.4 Å². The highest BCUT2D eigenvalue weighted by Crippen LogP contribution is 2.58. The quantitative estimate of drug-likeness (QED) is 0.379. The lowest BCUT2D eigenvalue weighted by atomic mass is 9.64. The van der Waals surface area contributed by atoms with Gasteiger partial charge in [0.25, 0.3) is 0 Å². The van der Waals surface area contributed by atoms with E-state index >= 15 is 0 Å². The highest BCUT2D eigenvalue weighted by molar-refractivity contribution is 6.18. The van der Waals surface area contributed by atoms with Crippen LogP contribution in [0.1, 0.15) is 37.4 Å². The normalized spacial score (nSPS) is 24.2. The zero-order valence-corrected chi connectivity index (χ0v) is 21.2. The number of Topliss-reactive ketones (excluding diaryl/α,β-unsaturated/α-hetero) is 2. The summed E-state index contributed by atoms with van der Waals surface area (Å²) in [6.07, 6.45) is 7.13. The molecule has 1 aromatic heterocycles. The maximum Gasteiger partial charge on any atom is 0.238 e. The van der Waals surface area contributed by atoms with Crippen LogP contribution in [0, 0.1) is 12.8 Å². The number of benzene rings is 3. The third-order valence-corrected chi connectivity index (χ3v) is 8.34. The summed E-state index contributed by atoms with van der Waals surface area (Å²) in [4.78, 5) is 49.6. The molecular formula is C33H25N3O3. The van der Waals surface area contributed by atoms with Gasteiger partial charge in [-0.1, -0.05) is 72.3 Å². The number of hydrogen-bond acceptors (Lipinski definition) is 5. The molecule has 3 aliphatic heterocycles. The number of ketones is 2. The van der Waals surface area contributed by atoms with Crippen molar-refractivity contribution in [1.29, 1.82) is 0 Å². The molecule has 4 unspecified atom stereocenters. The molecule has 3 aromatic carbocycles. The number of nitrogens with zero attached hydrogens (tertiary/aromatic N) is 2. The van der Waals surface area contributed by atoms with E-state index < -0.39 is 23.4 Å². The molecule has 6 heteroatoms. The Labute approximate surface area is 226 Å². The van der Waals surface area contributed by atoms with Gasteiger partial charge in [-0.05, 0) is 48.4 Å². The van der Waals surface area contributed by atoms with Gasteiger partial charge in [-0.3, -0.25) is 19.4 Å². The zero-order valence-electron chi connectivity index (χ0n) is 21.2.